The van der Waals surface area contributed by atoms with Gasteiger partial charge >= 0.3 is 0 Å². The summed E-state index contributed by atoms with van der Waals surface area (Å²) >= 11 is 0. The van der Waals surface area contributed by atoms with Gasteiger partial charge in [0.1, 0.15) is 6.54 Å². The molecule has 0 unspecified atom stereocenters. The SMILES string of the molecule is CN1CCC(NC(=O)Cn2nc(C3CC3)ccc2=O)CC1. The highest BCUT2D eigenvalue weighted by Crippen LogP contribution is 2.38. The lowest BCUT2D eigenvalue weighted by molar-refractivity contribution is -0.122. The zero-order chi connectivity index (χ0) is 14.8. The van der Waals surface area contributed by atoms with Gasteiger partial charge in [-0.25, -0.2) is 4.68 Å². The van der Waals surface area contributed by atoms with Crippen LogP contribution in [-0.4, -0.2) is 46.8 Å². The van der Waals surface area contributed by atoms with Gasteiger partial charge in [-0.2, -0.15) is 5.10 Å². The Bertz CT molecular complexity index is 571. The molecule has 2 aliphatic rings. The summed E-state index contributed by atoms with van der Waals surface area (Å²) in [5.74, 6) is 0.362. The summed E-state index contributed by atoms with van der Waals surface area (Å²) in [6.07, 6.45) is 4.19. The molecule has 2 heterocycles. The Labute approximate surface area is 124 Å². The first kappa shape index (κ1) is 14.3. The van der Waals surface area contributed by atoms with Crippen LogP contribution in [0.15, 0.2) is 16.9 Å². The van der Waals surface area contributed by atoms with E-state index in [1.807, 2.05) is 0 Å². The Morgan fingerprint density at radius 1 is 1.29 bits per heavy atom. The Morgan fingerprint density at radius 2 is 2.00 bits per heavy atom. The molecule has 114 valence electrons. The molecule has 1 N–H and O–H groups in total. The molecule has 1 amide bonds. The molecule has 1 saturated carbocycles. The van der Waals surface area contributed by atoms with Crippen LogP contribution in [-0.2, 0) is 11.3 Å². The van der Waals surface area contributed by atoms with E-state index in [1.54, 1.807) is 6.07 Å². The maximum Gasteiger partial charge on any atom is 0.267 e. The number of nitrogens with one attached hydrogen (secondary N) is 1. The second-order valence-electron chi connectivity index (χ2n) is 6.17. The zero-order valence-corrected chi connectivity index (χ0v) is 12.4. The number of hydrogen-bond acceptors (Lipinski definition) is 4. The van der Waals surface area contributed by atoms with Gasteiger partial charge < -0.3 is 10.2 Å². The predicted octanol–water partition coefficient (Wildman–Crippen LogP) is 0.331. The van der Waals surface area contributed by atoms with Crippen molar-refractivity contribution in [2.45, 2.75) is 44.2 Å². The standard InChI is InChI=1S/C15H22N4O2/c1-18-8-6-12(7-9-18)16-14(20)10-19-15(21)5-4-13(17-19)11-2-3-11/h4-5,11-12H,2-3,6-10H2,1H3,(H,16,20). The fraction of sp³-hybridized carbons (Fsp3) is 0.667. The van der Waals surface area contributed by atoms with Crippen molar-refractivity contribution >= 4 is 5.91 Å². The second kappa shape index (κ2) is 5.97. The first-order valence-electron chi connectivity index (χ1n) is 7.68. The Balaban J connectivity index is 1.59. The highest BCUT2D eigenvalue weighted by molar-refractivity contribution is 5.75. The van der Waals surface area contributed by atoms with Crippen molar-refractivity contribution in [2.75, 3.05) is 20.1 Å². The number of carbonyl (C=O) groups is 1. The number of carbonyl (C=O) groups excluding carboxylic acids is 1. The van der Waals surface area contributed by atoms with Crippen molar-refractivity contribution in [2.24, 2.45) is 0 Å². The van der Waals surface area contributed by atoms with Gasteiger partial charge in [-0.3, -0.25) is 9.59 Å². The summed E-state index contributed by atoms with van der Waals surface area (Å²) in [7, 11) is 2.09. The lowest BCUT2D eigenvalue weighted by atomic mass is 10.1. The maximum absolute atomic E-state index is 12.1. The molecule has 21 heavy (non-hydrogen) atoms. The van der Waals surface area contributed by atoms with Crippen LogP contribution < -0.4 is 10.9 Å². The molecule has 6 nitrogen and oxygen atoms in total. The molecular formula is C15H22N4O2. The molecule has 1 aliphatic carbocycles. The molecule has 0 spiro atoms. The molecule has 1 aromatic rings. The van der Waals surface area contributed by atoms with Crippen LogP contribution in [0.4, 0.5) is 0 Å². The third-order valence-electron chi connectivity index (χ3n) is 4.26. The van der Waals surface area contributed by atoms with Crippen molar-refractivity contribution in [3.05, 3.63) is 28.2 Å². The van der Waals surface area contributed by atoms with Gasteiger partial charge in [0.15, 0.2) is 0 Å². The number of likely N-dealkylation sites (tertiary alicyclic amines) is 1. The van der Waals surface area contributed by atoms with Gasteiger partial charge in [0.05, 0.1) is 5.69 Å². The first-order chi connectivity index (χ1) is 10.1. The van der Waals surface area contributed by atoms with Gasteiger partial charge in [0.25, 0.3) is 5.56 Å². The number of amides is 1. The van der Waals surface area contributed by atoms with Crippen molar-refractivity contribution < 1.29 is 4.79 Å². The lowest BCUT2D eigenvalue weighted by Gasteiger charge is -2.29. The fourth-order valence-corrected chi connectivity index (χ4v) is 2.74. The summed E-state index contributed by atoms with van der Waals surface area (Å²) in [6.45, 7) is 2.02. The van der Waals surface area contributed by atoms with Gasteiger partial charge in [0, 0.05) is 18.0 Å². The highest BCUT2D eigenvalue weighted by Gasteiger charge is 2.26. The van der Waals surface area contributed by atoms with Crippen molar-refractivity contribution in [1.82, 2.24) is 20.0 Å². The van der Waals surface area contributed by atoms with Crippen LogP contribution >= 0.6 is 0 Å². The average molecular weight is 290 g/mol. The third kappa shape index (κ3) is 3.69. The molecule has 3 rings (SSSR count). The number of hydrogen-bond donors (Lipinski definition) is 1. The largest absolute Gasteiger partial charge is 0.352 e. The zero-order valence-electron chi connectivity index (χ0n) is 12.4. The summed E-state index contributed by atoms with van der Waals surface area (Å²) < 4.78 is 1.29. The van der Waals surface area contributed by atoms with Gasteiger partial charge in [-0.05, 0) is 51.9 Å². The molecule has 0 aromatic carbocycles. The molecule has 2 fully saturated rings. The van der Waals surface area contributed by atoms with Crippen LogP contribution in [0, 0.1) is 0 Å². The van der Waals surface area contributed by atoms with Gasteiger partial charge in [-0.15, -0.1) is 0 Å². The summed E-state index contributed by atoms with van der Waals surface area (Å²) in [6, 6.07) is 3.52. The van der Waals surface area contributed by atoms with E-state index < -0.39 is 0 Å². The number of rotatable bonds is 4. The molecule has 1 aliphatic heterocycles. The van der Waals surface area contributed by atoms with Crippen LogP contribution in [0.3, 0.4) is 0 Å². The molecular weight excluding hydrogens is 268 g/mol. The predicted molar refractivity (Wildman–Crippen MR) is 79.1 cm³/mol. The minimum Gasteiger partial charge on any atom is -0.352 e. The Kier molecular flexibility index (Phi) is 4.05. The van der Waals surface area contributed by atoms with Crippen molar-refractivity contribution in [1.29, 1.82) is 0 Å². The first-order valence-corrected chi connectivity index (χ1v) is 7.68. The molecule has 0 bridgehead atoms. The van der Waals surface area contributed by atoms with Gasteiger partial charge in [-0.1, -0.05) is 0 Å². The molecule has 0 radical (unpaired) electrons. The number of aromatic nitrogens is 2. The van der Waals surface area contributed by atoms with Crippen molar-refractivity contribution in [3.63, 3.8) is 0 Å². The van der Waals surface area contributed by atoms with Crippen LogP contribution in [0.2, 0.25) is 0 Å². The van der Waals surface area contributed by atoms with E-state index in [4.69, 9.17) is 0 Å². The highest BCUT2D eigenvalue weighted by atomic mass is 16.2. The Hall–Kier alpha value is -1.69. The molecule has 0 atom stereocenters. The summed E-state index contributed by atoms with van der Waals surface area (Å²) in [4.78, 5) is 26.1. The topological polar surface area (TPSA) is 67.2 Å². The van der Waals surface area contributed by atoms with E-state index >= 15 is 0 Å². The van der Waals surface area contributed by atoms with Crippen LogP contribution in [0.5, 0.6) is 0 Å². The quantitative estimate of drug-likeness (QED) is 0.868. The molecule has 1 aromatic heterocycles. The van der Waals surface area contributed by atoms with E-state index in [2.05, 4.69) is 22.4 Å². The lowest BCUT2D eigenvalue weighted by Crippen LogP contribution is -2.45. The van der Waals surface area contributed by atoms with E-state index in [-0.39, 0.29) is 24.1 Å². The molecule has 6 heteroatoms. The van der Waals surface area contributed by atoms with E-state index in [1.165, 1.54) is 10.7 Å². The average Bonchev–Trinajstić information content (AvgIpc) is 3.28. The smallest absolute Gasteiger partial charge is 0.267 e. The maximum atomic E-state index is 12.1. The minimum atomic E-state index is -0.210. The fourth-order valence-electron chi connectivity index (χ4n) is 2.74. The van der Waals surface area contributed by atoms with Crippen LogP contribution in [0.25, 0.3) is 0 Å². The minimum absolute atomic E-state index is 0.0196. The second-order valence-corrected chi connectivity index (χ2v) is 6.17. The van der Waals surface area contributed by atoms with Crippen molar-refractivity contribution in [3.8, 4) is 0 Å². The molecule has 1 saturated heterocycles. The van der Waals surface area contributed by atoms with E-state index in [9.17, 15) is 9.59 Å². The van der Waals surface area contributed by atoms with E-state index in [0.29, 0.717) is 5.92 Å². The van der Waals surface area contributed by atoms with Crippen LogP contribution in [0.1, 0.15) is 37.3 Å². The Morgan fingerprint density at radius 3 is 2.67 bits per heavy atom. The monoisotopic (exact) mass is 290 g/mol. The number of nitrogens with zero attached hydrogens (tertiary/aromatic N) is 3. The summed E-state index contributed by atoms with van der Waals surface area (Å²) in [5, 5.41) is 7.33. The summed E-state index contributed by atoms with van der Waals surface area (Å²) in [5.41, 5.74) is 0.722. The number of piperidine rings is 1. The normalized spacial score (nSPS) is 20.4. The van der Waals surface area contributed by atoms with Gasteiger partial charge in [0.2, 0.25) is 5.91 Å². The third-order valence-corrected chi connectivity index (χ3v) is 4.26. The van der Waals surface area contributed by atoms with E-state index in [0.717, 1.165) is 44.5 Å².